The molecule has 3 heteroatoms. The highest BCUT2D eigenvalue weighted by atomic mass is 16.6. The molecule has 1 rings (SSSR count). The van der Waals surface area contributed by atoms with Crippen LogP contribution in [-0.4, -0.2) is 17.7 Å². The zero-order valence-corrected chi connectivity index (χ0v) is 8.89. The Labute approximate surface area is 79.8 Å². The van der Waals surface area contributed by atoms with Crippen LogP contribution in [-0.2, 0) is 4.74 Å². The molecule has 0 aromatic rings. The Morgan fingerprint density at radius 1 is 1.46 bits per heavy atom. The van der Waals surface area contributed by atoms with Gasteiger partial charge in [-0.05, 0) is 46.5 Å². The molecule has 0 aromatic carbocycles. The summed E-state index contributed by atoms with van der Waals surface area (Å²) in [6.07, 6.45) is 2.17. The summed E-state index contributed by atoms with van der Waals surface area (Å²) in [5.74, 6) is 0.674. The number of nitrogens with one attached hydrogen (secondary N) is 1. The number of ether oxygens (including phenoxy) is 1. The first-order valence-corrected chi connectivity index (χ1v) is 4.88. The fourth-order valence-corrected chi connectivity index (χ4v) is 1.21. The third kappa shape index (κ3) is 4.15. The molecule has 3 nitrogen and oxygen atoms in total. The predicted molar refractivity (Wildman–Crippen MR) is 51.6 cm³/mol. The molecule has 1 aliphatic rings. The predicted octanol–water partition coefficient (Wildman–Crippen LogP) is 2.31. The molecule has 0 aromatic heterocycles. The zero-order valence-electron chi connectivity index (χ0n) is 8.89. The van der Waals surface area contributed by atoms with E-state index < -0.39 is 5.60 Å². The van der Waals surface area contributed by atoms with Crippen molar-refractivity contribution >= 4 is 6.09 Å². The summed E-state index contributed by atoms with van der Waals surface area (Å²) in [5.41, 5.74) is -0.395. The van der Waals surface area contributed by atoms with Crippen molar-refractivity contribution in [1.29, 1.82) is 0 Å². The third-order valence-corrected chi connectivity index (χ3v) is 2.07. The first-order chi connectivity index (χ1) is 5.88. The van der Waals surface area contributed by atoms with E-state index in [1.807, 2.05) is 27.7 Å². The van der Waals surface area contributed by atoms with Crippen LogP contribution in [0, 0.1) is 5.92 Å². The Morgan fingerprint density at radius 3 is 2.38 bits per heavy atom. The molecular weight excluding hydrogens is 166 g/mol. The second-order valence-electron chi connectivity index (χ2n) is 4.77. The average Bonchev–Trinajstić information content (AvgIpc) is 2.60. The molecule has 0 aliphatic heterocycles. The first kappa shape index (κ1) is 10.4. The second-order valence-corrected chi connectivity index (χ2v) is 4.77. The summed E-state index contributed by atoms with van der Waals surface area (Å²) in [7, 11) is 0. The van der Waals surface area contributed by atoms with Gasteiger partial charge in [0.05, 0.1) is 0 Å². The summed E-state index contributed by atoms with van der Waals surface area (Å²) in [4.78, 5) is 11.3. The molecule has 0 heterocycles. The number of alkyl carbamates (subject to hydrolysis) is 1. The van der Waals surface area contributed by atoms with Gasteiger partial charge in [0.1, 0.15) is 5.60 Å². The van der Waals surface area contributed by atoms with E-state index in [0.717, 1.165) is 0 Å². The van der Waals surface area contributed by atoms with Gasteiger partial charge in [0.2, 0.25) is 0 Å². The quantitative estimate of drug-likeness (QED) is 0.717. The lowest BCUT2D eigenvalue weighted by atomic mass is 10.2. The van der Waals surface area contributed by atoms with E-state index in [4.69, 9.17) is 4.74 Å². The minimum Gasteiger partial charge on any atom is -0.444 e. The van der Waals surface area contributed by atoms with Crippen molar-refractivity contribution in [3.05, 3.63) is 0 Å². The Bertz CT molecular complexity index is 192. The molecule has 1 aliphatic carbocycles. The molecule has 0 unspecified atom stereocenters. The van der Waals surface area contributed by atoms with Gasteiger partial charge in [-0.1, -0.05) is 0 Å². The smallest absolute Gasteiger partial charge is 0.407 e. The maximum absolute atomic E-state index is 11.3. The Balaban J connectivity index is 2.24. The van der Waals surface area contributed by atoms with E-state index >= 15 is 0 Å². The highest BCUT2D eigenvalue weighted by molar-refractivity contribution is 5.68. The van der Waals surface area contributed by atoms with Crippen LogP contribution in [0.1, 0.15) is 40.5 Å². The number of carbonyl (C=O) groups excluding carboxylic acids is 1. The minimum atomic E-state index is -0.395. The Morgan fingerprint density at radius 2 is 2.00 bits per heavy atom. The van der Waals surface area contributed by atoms with E-state index in [2.05, 4.69) is 5.32 Å². The first-order valence-electron chi connectivity index (χ1n) is 4.88. The molecule has 1 amide bonds. The van der Waals surface area contributed by atoms with Crippen molar-refractivity contribution in [2.24, 2.45) is 5.92 Å². The topological polar surface area (TPSA) is 38.3 Å². The summed E-state index contributed by atoms with van der Waals surface area (Å²) < 4.78 is 5.14. The fraction of sp³-hybridized carbons (Fsp3) is 0.900. The largest absolute Gasteiger partial charge is 0.444 e. The van der Waals surface area contributed by atoms with Gasteiger partial charge in [-0.15, -0.1) is 0 Å². The molecule has 76 valence electrons. The molecule has 1 fully saturated rings. The third-order valence-electron chi connectivity index (χ3n) is 2.07. The molecule has 1 atom stereocenters. The number of hydrogen-bond acceptors (Lipinski definition) is 2. The van der Waals surface area contributed by atoms with Crippen molar-refractivity contribution in [2.75, 3.05) is 0 Å². The average molecular weight is 185 g/mol. The number of hydrogen-bond donors (Lipinski definition) is 1. The lowest BCUT2D eigenvalue weighted by molar-refractivity contribution is 0.0503. The van der Waals surface area contributed by atoms with Gasteiger partial charge >= 0.3 is 6.09 Å². The van der Waals surface area contributed by atoms with Gasteiger partial charge in [-0.25, -0.2) is 4.79 Å². The molecule has 0 radical (unpaired) electrons. The fourth-order valence-electron chi connectivity index (χ4n) is 1.21. The van der Waals surface area contributed by atoms with E-state index in [1.165, 1.54) is 12.8 Å². The van der Waals surface area contributed by atoms with E-state index in [0.29, 0.717) is 5.92 Å². The van der Waals surface area contributed by atoms with E-state index in [9.17, 15) is 4.79 Å². The van der Waals surface area contributed by atoms with Gasteiger partial charge in [0.15, 0.2) is 0 Å². The Hall–Kier alpha value is -0.730. The molecule has 13 heavy (non-hydrogen) atoms. The molecule has 0 spiro atoms. The van der Waals surface area contributed by atoms with Crippen LogP contribution < -0.4 is 5.32 Å². The lowest BCUT2D eigenvalue weighted by Gasteiger charge is -2.21. The normalized spacial score (nSPS) is 19.4. The summed E-state index contributed by atoms with van der Waals surface area (Å²) >= 11 is 0. The second kappa shape index (κ2) is 3.56. The molecule has 1 saturated carbocycles. The maximum Gasteiger partial charge on any atom is 0.407 e. The van der Waals surface area contributed by atoms with Crippen LogP contribution >= 0.6 is 0 Å². The van der Waals surface area contributed by atoms with Crippen LogP contribution in [0.2, 0.25) is 0 Å². The summed E-state index contributed by atoms with van der Waals surface area (Å²) in [5, 5.41) is 2.84. The van der Waals surface area contributed by atoms with Gasteiger partial charge in [0.25, 0.3) is 0 Å². The molecule has 0 bridgehead atoms. The number of rotatable bonds is 2. The van der Waals surface area contributed by atoms with Crippen LogP contribution in [0.5, 0.6) is 0 Å². The standard InChI is InChI=1S/C10H19NO2/c1-7(8-5-6-8)11-9(12)13-10(2,3)4/h7-8H,5-6H2,1-4H3,(H,11,12)/t7-/m1/s1. The van der Waals surface area contributed by atoms with Gasteiger partial charge in [-0.3, -0.25) is 0 Å². The van der Waals surface area contributed by atoms with Crippen molar-refractivity contribution in [3.63, 3.8) is 0 Å². The van der Waals surface area contributed by atoms with Crippen LogP contribution in [0.4, 0.5) is 4.79 Å². The van der Waals surface area contributed by atoms with Gasteiger partial charge < -0.3 is 10.1 Å². The van der Waals surface area contributed by atoms with Crippen molar-refractivity contribution in [2.45, 2.75) is 52.2 Å². The molecular formula is C10H19NO2. The number of carbonyl (C=O) groups is 1. The SMILES string of the molecule is C[C@@H](NC(=O)OC(C)(C)C)C1CC1. The highest BCUT2D eigenvalue weighted by Crippen LogP contribution is 2.32. The minimum absolute atomic E-state index is 0.259. The van der Waals surface area contributed by atoms with E-state index in [1.54, 1.807) is 0 Å². The highest BCUT2D eigenvalue weighted by Gasteiger charge is 2.30. The Kier molecular flexibility index (Phi) is 2.84. The van der Waals surface area contributed by atoms with E-state index in [-0.39, 0.29) is 12.1 Å². The number of amides is 1. The summed E-state index contributed by atoms with van der Waals surface area (Å²) in [6, 6.07) is 0.259. The van der Waals surface area contributed by atoms with Gasteiger partial charge in [0, 0.05) is 6.04 Å². The molecule has 0 saturated heterocycles. The van der Waals surface area contributed by atoms with Crippen molar-refractivity contribution in [3.8, 4) is 0 Å². The van der Waals surface area contributed by atoms with Crippen molar-refractivity contribution < 1.29 is 9.53 Å². The monoisotopic (exact) mass is 185 g/mol. The zero-order chi connectivity index (χ0) is 10.1. The van der Waals surface area contributed by atoms with Crippen LogP contribution in [0.15, 0.2) is 0 Å². The molecule has 1 N–H and O–H groups in total. The van der Waals surface area contributed by atoms with Crippen LogP contribution in [0.3, 0.4) is 0 Å². The maximum atomic E-state index is 11.3. The van der Waals surface area contributed by atoms with Crippen LogP contribution in [0.25, 0.3) is 0 Å². The van der Waals surface area contributed by atoms with Crippen molar-refractivity contribution in [1.82, 2.24) is 5.32 Å². The lowest BCUT2D eigenvalue weighted by Crippen LogP contribution is -2.38. The van der Waals surface area contributed by atoms with Gasteiger partial charge in [-0.2, -0.15) is 0 Å². The summed E-state index contributed by atoms with van der Waals surface area (Å²) in [6.45, 7) is 7.64.